The third kappa shape index (κ3) is 4.12. The number of alkyl carbamates (subject to hydrolysis) is 1. The van der Waals surface area contributed by atoms with Crippen LogP contribution in [0.15, 0.2) is 34.9 Å². The summed E-state index contributed by atoms with van der Waals surface area (Å²) >= 11 is 3.53. The van der Waals surface area contributed by atoms with Gasteiger partial charge in [0.2, 0.25) is 0 Å². The lowest BCUT2D eigenvalue weighted by molar-refractivity contribution is 0.0488. The van der Waals surface area contributed by atoms with E-state index in [1.54, 1.807) is 0 Å². The number of nitrogens with zero attached hydrogens (tertiary/aromatic N) is 1. The van der Waals surface area contributed by atoms with Crippen LogP contribution in [0.25, 0.3) is 10.9 Å². The molecule has 0 spiro atoms. The van der Waals surface area contributed by atoms with Crippen molar-refractivity contribution in [1.82, 2.24) is 9.88 Å². The van der Waals surface area contributed by atoms with Crippen molar-refractivity contribution < 1.29 is 9.53 Å². The Morgan fingerprint density at radius 1 is 1.21 bits per heavy atom. The van der Waals surface area contributed by atoms with Crippen molar-refractivity contribution in [1.29, 1.82) is 0 Å². The van der Waals surface area contributed by atoms with Gasteiger partial charge in [0.1, 0.15) is 5.60 Å². The highest BCUT2D eigenvalue weighted by atomic mass is 79.9. The summed E-state index contributed by atoms with van der Waals surface area (Å²) in [6.45, 7) is 5.66. The molecule has 0 atom stereocenters. The van der Waals surface area contributed by atoms with Gasteiger partial charge in [-0.3, -0.25) is 0 Å². The number of hydrogen-bond donors (Lipinski definition) is 1. The predicted octanol–water partition coefficient (Wildman–Crippen LogP) is 5.41. The van der Waals surface area contributed by atoms with Gasteiger partial charge in [-0.1, -0.05) is 15.9 Å². The summed E-state index contributed by atoms with van der Waals surface area (Å²) in [5.74, 6) is 0. The SMILES string of the molecule is CC(C)(C)OC(=O)NC1CCC(n2ccc3cc(Br)ccc32)CC1. The maximum absolute atomic E-state index is 11.9. The first-order chi connectivity index (χ1) is 11.3. The molecule has 0 radical (unpaired) electrons. The van der Waals surface area contributed by atoms with E-state index in [0.29, 0.717) is 6.04 Å². The summed E-state index contributed by atoms with van der Waals surface area (Å²) in [6, 6.07) is 9.30. The van der Waals surface area contributed by atoms with Crippen molar-refractivity contribution >= 4 is 32.9 Å². The molecule has 1 aliphatic carbocycles. The van der Waals surface area contributed by atoms with Crippen molar-refractivity contribution in [2.75, 3.05) is 0 Å². The first-order valence-corrected chi connectivity index (χ1v) is 9.37. The zero-order chi connectivity index (χ0) is 17.3. The number of hydrogen-bond acceptors (Lipinski definition) is 2. The standard InChI is InChI=1S/C19H25BrN2O2/c1-19(2,3)24-18(23)21-15-5-7-16(8-6-15)22-11-10-13-12-14(20)4-9-17(13)22/h4,9-12,15-16H,5-8H2,1-3H3,(H,21,23). The Bertz CT molecular complexity index is 725. The van der Waals surface area contributed by atoms with Gasteiger partial charge in [-0.25, -0.2) is 4.79 Å². The highest BCUT2D eigenvalue weighted by molar-refractivity contribution is 9.10. The van der Waals surface area contributed by atoms with Crippen LogP contribution in [-0.4, -0.2) is 22.3 Å². The molecule has 1 fully saturated rings. The Balaban J connectivity index is 1.59. The fourth-order valence-corrected chi connectivity index (χ4v) is 3.80. The number of carbonyl (C=O) groups excluding carboxylic acids is 1. The molecule has 3 rings (SSSR count). The van der Waals surface area contributed by atoms with Crippen LogP contribution in [0.2, 0.25) is 0 Å². The maximum Gasteiger partial charge on any atom is 0.407 e. The van der Waals surface area contributed by atoms with Gasteiger partial charge >= 0.3 is 6.09 Å². The zero-order valence-corrected chi connectivity index (χ0v) is 16.1. The molecule has 2 aromatic rings. The molecule has 0 aliphatic heterocycles. The van der Waals surface area contributed by atoms with Gasteiger partial charge < -0.3 is 14.6 Å². The first-order valence-electron chi connectivity index (χ1n) is 8.57. The van der Waals surface area contributed by atoms with Crippen LogP contribution in [0, 0.1) is 0 Å². The van der Waals surface area contributed by atoms with Crippen LogP contribution >= 0.6 is 15.9 Å². The van der Waals surface area contributed by atoms with Crippen molar-refractivity contribution in [3.8, 4) is 0 Å². The number of benzene rings is 1. The van der Waals surface area contributed by atoms with E-state index in [2.05, 4.69) is 56.3 Å². The highest BCUT2D eigenvalue weighted by Crippen LogP contribution is 2.32. The van der Waals surface area contributed by atoms with Crippen LogP contribution in [0.4, 0.5) is 4.79 Å². The summed E-state index contributed by atoms with van der Waals surface area (Å²) < 4.78 is 8.84. The normalized spacial score (nSPS) is 21.7. The molecule has 1 aromatic carbocycles. The molecule has 1 N–H and O–H groups in total. The molecule has 130 valence electrons. The topological polar surface area (TPSA) is 43.3 Å². The molecule has 5 heteroatoms. The zero-order valence-electron chi connectivity index (χ0n) is 14.5. The van der Waals surface area contributed by atoms with Gasteiger partial charge in [0.15, 0.2) is 0 Å². The minimum Gasteiger partial charge on any atom is -0.444 e. The smallest absolute Gasteiger partial charge is 0.407 e. The Morgan fingerprint density at radius 2 is 1.92 bits per heavy atom. The van der Waals surface area contributed by atoms with Crippen LogP contribution in [0.3, 0.4) is 0 Å². The monoisotopic (exact) mass is 392 g/mol. The molecule has 24 heavy (non-hydrogen) atoms. The van der Waals surface area contributed by atoms with Crippen LogP contribution in [-0.2, 0) is 4.74 Å². The van der Waals surface area contributed by atoms with Crippen LogP contribution < -0.4 is 5.32 Å². The van der Waals surface area contributed by atoms with Crippen LogP contribution in [0.1, 0.15) is 52.5 Å². The summed E-state index contributed by atoms with van der Waals surface area (Å²) in [7, 11) is 0. The number of fused-ring (bicyclic) bond motifs is 1. The van der Waals surface area contributed by atoms with Crippen molar-refractivity contribution in [2.24, 2.45) is 0 Å². The molecule has 0 saturated heterocycles. The Labute approximate surface area is 151 Å². The molecule has 1 amide bonds. The lowest BCUT2D eigenvalue weighted by atomic mass is 9.91. The maximum atomic E-state index is 11.9. The van der Waals surface area contributed by atoms with E-state index >= 15 is 0 Å². The van der Waals surface area contributed by atoms with Gasteiger partial charge in [0.05, 0.1) is 0 Å². The lowest BCUT2D eigenvalue weighted by Gasteiger charge is -2.31. The average Bonchev–Trinajstić information content (AvgIpc) is 2.89. The Hall–Kier alpha value is -1.49. The third-order valence-corrected chi connectivity index (χ3v) is 4.99. The van der Waals surface area contributed by atoms with Gasteiger partial charge in [0.25, 0.3) is 0 Å². The molecule has 0 unspecified atom stereocenters. The lowest BCUT2D eigenvalue weighted by Crippen LogP contribution is -2.41. The van der Waals surface area contributed by atoms with Gasteiger partial charge in [-0.2, -0.15) is 0 Å². The largest absolute Gasteiger partial charge is 0.444 e. The second kappa shape index (κ2) is 6.79. The van der Waals surface area contributed by atoms with Gasteiger partial charge in [0, 0.05) is 33.7 Å². The first kappa shape index (κ1) is 17.3. The van der Waals surface area contributed by atoms with E-state index in [-0.39, 0.29) is 12.1 Å². The number of amides is 1. The summed E-state index contributed by atoms with van der Waals surface area (Å²) in [5, 5.41) is 4.27. The van der Waals surface area contributed by atoms with Gasteiger partial charge in [-0.15, -0.1) is 0 Å². The number of halogens is 1. The Kier molecular flexibility index (Phi) is 4.90. The number of rotatable bonds is 2. The summed E-state index contributed by atoms with van der Waals surface area (Å²) in [6.07, 6.45) is 5.99. The third-order valence-electron chi connectivity index (χ3n) is 4.49. The molecular weight excluding hydrogens is 368 g/mol. The van der Waals surface area contributed by atoms with E-state index in [0.717, 1.165) is 30.2 Å². The van der Waals surface area contributed by atoms with E-state index in [4.69, 9.17) is 4.74 Å². The van der Waals surface area contributed by atoms with Crippen molar-refractivity contribution in [3.05, 3.63) is 34.9 Å². The molecule has 4 nitrogen and oxygen atoms in total. The number of carbonyl (C=O) groups is 1. The molecule has 1 aromatic heterocycles. The minimum absolute atomic E-state index is 0.215. The molecule has 0 bridgehead atoms. The molecule has 1 heterocycles. The fourth-order valence-electron chi connectivity index (χ4n) is 3.43. The van der Waals surface area contributed by atoms with E-state index < -0.39 is 5.60 Å². The van der Waals surface area contributed by atoms with Crippen molar-refractivity contribution in [3.63, 3.8) is 0 Å². The summed E-state index contributed by atoms with van der Waals surface area (Å²) in [5.41, 5.74) is 0.835. The molecular formula is C19H25BrN2O2. The van der Waals surface area contributed by atoms with E-state index in [1.807, 2.05) is 20.8 Å². The number of nitrogens with one attached hydrogen (secondary N) is 1. The molecule has 1 aliphatic rings. The predicted molar refractivity (Wildman–Crippen MR) is 100 cm³/mol. The quantitative estimate of drug-likeness (QED) is 0.741. The second-order valence-corrected chi connectivity index (χ2v) is 8.49. The average molecular weight is 393 g/mol. The van der Waals surface area contributed by atoms with E-state index in [1.165, 1.54) is 10.9 Å². The van der Waals surface area contributed by atoms with Crippen LogP contribution in [0.5, 0.6) is 0 Å². The number of ether oxygens (including phenoxy) is 1. The highest BCUT2D eigenvalue weighted by Gasteiger charge is 2.25. The van der Waals surface area contributed by atoms with E-state index in [9.17, 15) is 4.79 Å². The fraction of sp³-hybridized carbons (Fsp3) is 0.526. The van der Waals surface area contributed by atoms with Gasteiger partial charge in [-0.05, 0) is 70.7 Å². The molecule has 1 saturated carbocycles. The minimum atomic E-state index is -0.445. The second-order valence-electron chi connectivity index (χ2n) is 7.58. The summed E-state index contributed by atoms with van der Waals surface area (Å²) in [4.78, 5) is 11.9. The number of aromatic nitrogens is 1. The van der Waals surface area contributed by atoms with Crippen molar-refractivity contribution in [2.45, 2.75) is 64.1 Å². The Morgan fingerprint density at radius 3 is 2.58 bits per heavy atom.